The summed E-state index contributed by atoms with van der Waals surface area (Å²) in [6.07, 6.45) is 1.68. The van der Waals surface area contributed by atoms with E-state index in [0.29, 0.717) is 48.2 Å². The molecule has 10 heteroatoms. The molecule has 9 nitrogen and oxygen atoms in total. The molecule has 1 saturated carbocycles. The number of aromatic nitrogens is 2. The van der Waals surface area contributed by atoms with E-state index in [1.807, 2.05) is 45.9 Å². The van der Waals surface area contributed by atoms with Crippen LogP contribution >= 0.6 is 0 Å². The highest BCUT2D eigenvalue weighted by atomic mass is 19.1. The maximum atomic E-state index is 13.3. The summed E-state index contributed by atoms with van der Waals surface area (Å²) in [5.41, 5.74) is 7.94. The lowest BCUT2D eigenvalue weighted by Gasteiger charge is -2.39. The summed E-state index contributed by atoms with van der Waals surface area (Å²) >= 11 is 0. The number of benzene rings is 1. The zero-order valence-corrected chi connectivity index (χ0v) is 23.1. The van der Waals surface area contributed by atoms with Gasteiger partial charge in [-0.2, -0.15) is 0 Å². The van der Waals surface area contributed by atoms with Crippen LogP contribution in [0.4, 0.5) is 16.0 Å². The number of nitrogens with two attached hydrogens (primary N) is 1. The molecule has 2 fully saturated rings. The first-order valence-corrected chi connectivity index (χ1v) is 13.8. The minimum Gasteiger partial charge on any atom is -0.486 e. The first-order chi connectivity index (χ1) is 19.1. The largest absolute Gasteiger partial charge is 0.486 e. The molecule has 0 radical (unpaired) electrons. The van der Waals surface area contributed by atoms with Gasteiger partial charge in [0, 0.05) is 23.5 Å². The topological polar surface area (TPSA) is 120 Å². The van der Waals surface area contributed by atoms with Crippen molar-refractivity contribution in [2.24, 2.45) is 11.7 Å². The van der Waals surface area contributed by atoms with Crippen LogP contribution in [0.15, 0.2) is 36.5 Å². The Hall–Kier alpha value is -3.79. The predicted octanol–water partition coefficient (Wildman–Crippen LogP) is 4.78. The normalized spacial score (nSPS) is 24.1. The summed E-state index contributed by atoms with van der Waals surface area (Å²) in [4.78, 5) is 35.8. The number of hydrogen-bond donors (Lipinski definition) is 2. The number of esters is 1. The van der Waals surface area contributed by atoms with Gasteiger partial charge in [-0.15, -0.1) is 0 Å². The number of nitrogens with one attached hydrogen (secondary N) is 1. The summed E-state index contributed by atoms with van der Waals surface area (Å²) in [7, 11) is 0. The Kier molecular flexibility index (Phi) is 6.40. The minimum absolute atomic E-state index is 0.0826. The smallest absolute Gasteiger partial charge is 0.340 e. The molecule has 2 aliphatic heterocycles. The zero-order chi connectivity index (χ0) is 28.3. The van der Waals surface area contributed by atoms with E-state index in [9.17, 15) is 14.0 Å². The number of carbonyl (C=O) groups is 2. The van der Waals surface area contributed by atoms with Gasteiger partial charge in [-0.1, -0.05) is 19.9 Å². The van der Waals surface area contributed by atoms with Gasteiger partial charge in [0.25, 0.3) is 0 Å². The molecule has 0 bridgehead atoms. The van der Waals surface area contributed by atoms with Gasteiger partial charge in [-0.25, -0.2) is 19.2 Å². The van der Waals surface area contributed by atoms with Crippen LogP contribution in [-0.2, 0) is 9.53 Å². The second-order valence-electron chi connectivity index (χ2n) is 11.6. The molecule has 6 rings (SSSR count). The standard InChI is InChI=1S/C30H34FN5O4/c1-5-23(32)17-6-8-24(39-16-13-36(14-16)28(37)20-10-22(20)31)21-12-33-26(11-19(17)21)34-25-9-7-18-27(35-25)15(2)30(3,4)40-29(18)38/h6-9,11-12,15-16,20,22-23H,5,10,13-14,32H2,1-4H3,(H,33,34,35)/t15-,20-,22+,23?/m1/s1. The molecule has 1 unspecified atom stereocenters. The van der Waals surface area contributed by atoms with Gasteiger partial charge in [-0.05, 0) is 61.9 Å². The van der Waals surface area contributed by atoms with Gasteiger partial charge in [-0.3, -0.25) is 4.79 Å². The fourth-order valence-electron chi connectivity index (χ4n) is 5.37. The van der Waals surface area contributed by atoms with Crippen LogP contribution < -0.4 is 15.8 Å². The van der Waals surface area contributed by atoms with Crippen molar-refractivity contribution in [2.75, 3.05) is 18.4 Å². The van der Waals surface area contributed by atoms with Crippen LogP contribution in [0.25, 0.3) is 10.8 Å². The third-order valence-electron chi connectivity index (χ3n) is 8.43. The number of nitrogens with zero attached hydrogens (tertiary/aromatic N) is 3. The lowest BCUT2D eigenvalue weighted by Crippen LogP contribution is -2.56. The monoisotopic (exact) mass is 547 g/mol. The number of likely N-dealkylation sites (tertiary alicyclic amines) is 1. The van der Waals surface area contributed by atoms with Crippen molar-refractivity contribution >= 4 is 34.3 Å². The number of hydrogen-bond acceptors (Lipinski definition) is 8. The molecule has 1 aromatic carbocycles. The van der Waals surface area contributed by atoms with Crippen molar-refractivity contribution in [2.45, 2.75) is 70.4 Å². The second-order valence-corrected chi connectivity index (χ2v) is 11.6. The van der Waals surface area contributed by atoms with Crippen LogP contribution in [0.3, 0.4) is 0 Å². The number of carbonyl (C=O) groups excluding carboxylic acids is 2. The van der Waals surface area contributed by atoms with E-state index >= 15 is 0 Å². The molecule has 40 heavy (non-hydrogen) atoms. The van der Waals surface area contributed by atoms with E-state index in [0.717, 1.165) is 22.8 Å². The average molecular weight is 548 g/mol. The first kappa shape index (κ1) is 26.4. The highest BCUT2D eigenvalue weighted by Crippen LogP contribution is 2.40. The number of rotatable bonds is 7. The van der Waals surface area contributed by atoms with E-state index < -0.39 is 17.7 Å². The maximum absolute atomic E-state index is 13.3. The summed E-state index contributed by atoms with van der Waals surface area (Å²) in [5, 5.41) is 5.01. The number of ether oxygens (including phenoxy) is 2. The Balaban J connectivity index is 1.26. The summed E-state index contributed by atoms with van der Waals surface area (Å²) in [6, 6.07) is 9.10. The average Bonchev–Trinajstić information content (AvgIpc) is 3.64. The lowest BCUT2D eigenvalue weighted by atomic mass is 9.84. The molecule has 1 aliphatic carbocycles. The fourth-order valence-corrected chi connectivity index (χ4v) is 5.37. The van der Waals surface area contributed by atoms with Crippen LogP contribution in [-0.4, -0.2) is 57.7 Å². The van der Waals surface area contributed by atoms with Crippen molar-refractivity contribution < 1.29 is 23.5 Å². The minimum atomic E-state index is -0.996. The molecule has 1 amide bonds. The van der Waals surface area contributed by atoms with Crippen molar-refractivity contribution in [3.63, 3.8) is 0 Å². The Labute approximate surface area is 232 Å². The fraction of sp³-hybridized carbons (Fsp3) is 0.467. The van der Waals surface area contributed by atoms with E-state index in [1.165, 1.54) is 0 Å². The van der Waals surface area contributed by atoms with E-state index in [-0.39, 0.29) is 29.9 Å². The Bertz CT molecular complexity index is 1500. The molecule has 3 aromatic rings. The number of cyclic esters (lactones) is 1. The van der Waals surface area contributed by atoms with Crippen LogP contribution in [0.2, 0.25) is 0 Å². The highest BCUT2D eigenvalue weighted by Gasteiger charge is 2.48. The lowest BCUT2D eigenvalue weighted by molar-refractivity contribution is -0.141. The molecule has 1 saturated heterocycles. The molecular weight excluding hydrogens is 513 g/mol. The third kappa shape index (κ3) is 4.64. The number of amides is 1. The van der Waals surface area contributed by atoms with Gasteiger partial charge >= 0.3 is 5.97 Å². The van der Waals surface area contributed by atoms with Gasteiger partial charge in [0.05, 0.1) is 30.3 Å². The second kappa shape index (κ2) is 9.69. The summed E-state index contributed by atoms with van der Waals surface area (Å²) < 4.78 is 25.1. The number of anilines is 2. The molecule has 4 atom stereocenters. The Morgan fingerprint density at radius 1 is 1.25 bits per heavy atom. The van der Waals surface area contributed by atoms with Crippen molar-refractivity contribution in [1.82, 2.24) is 14.9 Å². The summed E-state index contributed by atoms with van der Waals surface area (Å²) in [6.45, 7) is 8.69. The molecule has 210 valence electrons. The number of fused-ring (bicyclic) bond motifs is 2. The van der Waals surface area contributed by atoms with Crippen LogP contribution in [0.1, 0.15) is 74.1 Å². The van der Waals surface area contributed by atoms with Crippen molar-refractivity contribution in [1.29, 1.82) is 0 Å². The molecular formula is C30H34FN5O4. The van der Waals surface area contributed by atoms with E-state index in [4.69, 9.17) is 20.2 Å². The van der Waals surface area contributed by atoms with Gasteiger partial charge in [0.2, 0.25) is 5.91 Å². The maximum Gasteiger partial charge on any atom is 0.340 e. The van der Waals surface area contributed by atoms with Crippen LogP contribution in [0.5, 0.6) is 5.75 Å². The third-order valence-corrected chi connectivity index (χ3v) is 8.43. The molecule has 3 N–H and O–H groups in total. The quantitative estimate of drug-likeness (QED) is 0.406. The Morgan fingerprint density at radius 2 is 2.00 bits per heavy atom. The zero-order valence-electron chi connectivity index (χ0n) is 23.1. The number of alkyl halides is 1. The SMILES string of the molecule is CCC(N)c1ccc(OC2CN(C(=O)[C@@H]3C[C@@H]3F)C2)c2cnc(Nc3ccc4c(n3)[C@@H](C)C(C)(C)OC4=O)cc12. The molecule has 2 aromatic heterocycles. The summed E-state index contributed by atoms with van der Waals surface area (Å²) in [5.74, 6) is 0.768. The molecule has 4 heterocycles. The first-order valence-electron chi connectivity index (χ1n) is 13.8. The highest BCUT2D eigenvalue weighted by molar-refractivity contribution is 5.94. The van der Waals surface area contributed by atoms with E-state index in [1.54, 1.807) is 23.2 Å². The van der Waals surface area contributed by atoms with Gasteiger partial charge < -0.3 is 25.4 Å². The number of pyridine rings is 2. The van der Waals surface area contributed by atoms with Gasteiger partial charge in [0.1, 0.15) is 35.3 Å². The van der Waals surface area contributed by atoms with Gasteiger partial charge in [0.15, 0.2) is 0 Å². The molecule has 0 spiro atoms. The van der Waals surface area contributed by atoms with Crippen molar-refractivity contribution in [3.05, 3.63) is 53.3 Å². The van der Waals surface area contributed by atoms with E-state index in [2.05, 4.69) is 10.3 Å². The predicted molar refractivity (Wildman–Crippen MR) is 148 cm³/mol. The Morgan fingerprint density at radius 3 is 2.70 bits per heavy atom. The molecule has 3 aliphatic rings. The van der Waals surface area contributed by atoms with Crippen molar-refractivity contribution in [3.8, 4) is 5.75 Å². The van der Waals surface area contributed by atoms with Crippen LogP contribution in [0, 0.1) is 5.92 Å². The number of halogens is 1.